The molecular weight excluding hydrogens is 254 g/mol. The van der Waals surface area contributed by atoms with Crippen molar-refractivity contribution in [1.82, 2.24) is 10.5 Å². The van der Waals surface area contributed by atoms with Gasteiger partial charge in [0.2, 0.25) is 0 Å². The summed E-state index contributed by atoms with van der Waals surface area (Å²) in [4.78, 5) is 12.0. The van der Waals surface area contributed by atoms with E-state index in [1.165, 1.54) is 0 Å². The van der Waals surface area contributed by atoms with Crippen LogP contribution in [-0.2, 0) is 13.0 Å². The maximum atomic E-state index is 12.0. The fraction of sp³-hybridized carbons (Fsp3) is 0.333. The van der Waals surface area contributed by atoms with Gasteiger partial charge in [-0.3, -0.25) is 4.79 Å². The molecule has 0 aliphatic rings. The van der Waals surface area contributed by atoms with Gasteiger partial charge in [-0.25, -0.2) is 0 Å². The number of nitrogens with two attached hydrogens (primary N) is 1. The SMILES string of the molecule is Cc1noc(C)c1CCNC(=O)c1ccc(CN)cc1. The molecule has 0 unspecified atom stereocenters. The molecule has 1 aromatic carbocycles. The second-order valence-electron chi connectivity index (χ2n) is 4.71. The summed E-state index contributed by atoms with van der Waals surface area (Å²) in [7, 11) is 0. The van der Waals surface area contributed by atoms with Crippen molar-refractivity contribution in [3.63, 3.8) is 0 Å². The summed E-state index contributed by atoms with van der Waals surface area (Å²) >= 11 is 0. The third-order valence-electron chi connectivity index (χ3n) is 3.29. The molecule has 2 rings (SSSR count). The van der Waals surface area contributed by atoms with E-state index in [1.54, 1.807) is 12.1 Å². The Morgan fingerprint density at radius 1 is 1.30 bits per heavy atom. The highest BCUT2D eigenvalue weighted by Gasteiger charge is 2.10. The summed E-state index contributed by atoms with van der Waals surface area (Å²) in [6.07, 6.45) is 0.716. The maximum absolute atomic E-state index is 12.0. The number of hydrogen-bond donors (Lipinski definition) is 2. The van der Waals surface area contributed by atoms with Gasteiger partial charge < -0.3 is 15.6 Å². The molecule has 2 aromatic rings. The van der Waals surface area contributed by atoms with Crippen molar-refractivity contribution in [2.24, 2.45) is 5.73 Å². The lowest BCUT2D eigenvalue weighted by molar-refractivity contribution is 0.0954. The van der Waals surface area contributed by atoms with E-state index >= 15 is 0 Å². The van der Waals surface area contributed by atoms with Crippen molar-refractivity contribution in [3.05, 3.63) is 52.4 Å². The molecule has 0 radical (unpaired) electrons. The van der Waals surface area contributed by atoms with Crippen LogP contribution in [-0.4, -0.2) is 17.6 Å². The number of nitrogens with one attached hydrogen (secondary N) is 1. The lowest BCUT2D eigenvalue weighted by Crippen LogP contribution is -2.25. The van der Waals surface area contributed by atoms with Crippen molar-refractivity contribution in [1.29, 1.82) is 0 Å². The number of nitrogens with zero attached hydrogens (tertiary/aromatic N) is 1. The van der Waals surface area contributed by atoms with Gasteiger partial charge in [0, 0.05) is 24.2 Å². The Morgan fingerprint density at radius 3 is 2.55 bits per heavy atom. The Bertz CT molecular complexity index is 568. The average molecular weight is 273 g/mol. The summed E-state index contributed by atoms with van der Waals surface area (Å²) in [5.74, 6) is 0.726. The molecule has 20 heavy (non-hydrogen) atoms. The number of carbonyl (C=O) groups is 1. The third kappa shape index (κ3) is 3.24. The van der Waals surface area contributed by atoms with Crippen LogP contribution in [0.15, 0.2) is 28.8 Å². The molecule has 1 amide bonds. The zero-order valence-corrected chi connectivity index (χ0v) is 11.8. The molecule has 0 aliphatic carbocycles. The second kappa shape index (κ2) is 6.34. The fourth-order valence-electron chi connectivity index (χ4n) is 2.05. The zero-order chi connectivity index (χ0) is 14.5. The van der Waals surface area contributed by atoms with E-state index in [0.717, 1.165) is 22.6 Å². The topological polar surface area (TPSA) is 81.2 Å². The molecule has 3 N–H and O–H groups in total. The molecule has 0 fully saturated rings. The van der Waals surface area contributed by atoms with E-state index in [9.17, 15) is 4.79 Å². The van der Waals surface area contributed by atoms with Gasteiger partial charge in [-0.1, -0.05) is 17.3 Å². The minimum absolute atomic E-state index is 0.0830. The van der Waals surface area contributed by atoms with Crippen molar-refractivity contribution in [2.45, 2.75) is 26.8 Å². The minimum Gasteiger partial charge on any atom is -0.361 e. The monoisotopic (exact) mass is 273 g/mol. The van der Waals surface area contributed by atoms with E-state index in [4.69, 9.17) is 10.3 Å². The largest absolute Gasteiger partial charge is 0.361 e. The molecule has 106 valence electrons. The number of aryl methyl sites for hydroxylation is 2. The summed E-state index contributed by atoms with van der Waals surface area (Å²) in [6, 6.07) is 7.30. The molecule has 0 saturated heterocycles. The predicted molar refractivity (Wildman–Crippen MR) is 76.3 cm³/mol. The highest BCUT2D eigenvalue weighted by Crippen LogP contribution is 2.12. The molecule has 0 bridgehead atoms. The van der Waals surface area contributed by atoms with Crippen LogP contribution in [0.1, 0.15) is 32.9 Å². The normalized spacial score (nSPS) is 10.6. The van der Waals surface area contributed by atoms with E-state index < -0.39 is 0 Å². The Hall–Kier alpha value is -2.14. The fourth-order valence-corrected chi connectivity index (χ4v) is 2.05. The third-order valence-corrected chi connectivity index (χ3v) is 3.29. The minimum atomic E-state index is -0.0830. The van der Waals surface area contributed by atoms with Crippen LogP contribution in [0.2, 0.25) is 0 Å². The first-order valence-electron chi connectivity index (χ1n) is 6.60. The number of rotatable bonds is 5. The van der Waals surface area contributed by atoms with Gasteiger partial charge in [-0.15, -0.1) is 0 Å². The van der Waals surface area contributed by atoms with Crippen LogP contribution < -0.4 is 11.1 Å². The first kappa shape index (κ1) is 14.3. The van der Waals surface area contributed by atoms with Crippen LogP contribution in [0.3, 0.4) is 0 Å². The smallest absolute Gasteiger partial charge is 0.251 e. The Kier molecular flexibility index (Phi) is 4.53. The van der Waals surface area contributed by atoms with Gasteiger partial charge in [0.05, 0.1) is 5.69 Å². The van der Waals surface area contributed by atoms with Crippen molar-refractivity contribution < 1.29 is 9.32 Å². The van der Waals surface area contributed by atoms with Crippen LogP contribution in [0.4, 0.5) is 0 Å². The van der Waals surface area contributed by atoms with Crippen molar-refractivity contribution in [3.8, 4) is 0 Å². The molecule has 5 heteroatoms. The quantitative estimate of drug-likeness (QED) is 0.869. The van der Waals surface area contributed by atoms with Crippen molar-refractivity contribution >= 4 is 5.91 Å². The first-order valence-corrected chi connectivity index (χ1v) is 6.60. The standard InChI is InChI=1S/C15H19N3O2/c1-10-14(11(2)20-18-10)7-8-17-15(19)13-5-3-12(9-16)4-6-13/h3-6H,7-9,16H2,1-2H3,(H,17,19). The highest BCUT2D eigenvalue weighted by atomic mass is 16.5. The molecular formula is C15H19N3O2. The number of amides is 1. The molecule has 0 atom stereocenters. The summed E-state index contributed by atoms with van der Waals surface area (Å²) in [6.45, 7) is 4.82. The zero-order valence-electron chi connectivity index (χ0n) is 11.8. The molecule has 1 heterocycles. The van der Waals surface area contributed by atoms with Crippen LogP contribution >= 0.6 is 0 Å². The van der Waals surface area contributed by atoms with E-state index in [0.29, 0.717) is 25.1 Å². The van der Waals surface area contributed by atoms with Crippen molar-refractivity contribution in [2.75, 3.05) is 6.54 Å². The molecule has 5 nitrogen and oxygen atoms in total. The Morgan fingerprint density at radius 2 is 2.00 bits per heavy atom. The van der Waals surface area contributed by atoms with Crippen LogP contribution in [0.25, 0.3) is 0 Å². The van der Waals surface area contributed by atoms with Crippen LogP contribution in [0, 0.1) is 13.8 Å². The lowest BCUT2D eigenvalue weighted by Gasteiger charge is -2.06. The predicted octanol–water partition coefficient (Wildman–Crippen LogP) is 1.72. The van der Waals surface area contributed by atoms with Gasteiger partial charge in [0.1, 0.15) is 5.76 Å². The number of carbonyl (C=O) groups excluding carboxylic acids is 1. The number of benzene rings is 1. The van der Waals surface area contributed by atoms with Gasteiger partial charge >= 0.3 is 0 Å². The van der Waals surface area contributed by atoms with Gasteiger partial charge in [0.15, 0.2) is 0 Å². The summed E-state index contributed by atoms with van der Waals surface area (Å²) in [5.41, 5.74) is 9.11. The second-order valence-corrected chi connectivity index (χ2v) is 4.71. The summed E-state index contributed by atoms with van der Waals surface area (Å²) < 4.78 is 5.09. The first-order chi connectivity index (χ1) is 9.61. The number of hydrogen-bond acceptors (Lipinski definition) is 4. The van der Waals surface area contributed by atoms with Gasteiger partial charge in [-0.05, 0) is 38.0 Å². The maximum Gasteiger partial charge on any atom is 0.251 e. The van der Waals surface area contributed by atoms with E-state index in [1.807, 2.05) is 26.0 Å². The highest BCUT2D eigenvalue weighted by molar-refractivity contribution is 5.94. The van der Waals surface area contributed by atoms with E-state index in [2.05, 4.69) is 10.5 Å². The Labute approximate surface area is 118 Å². The van der Waals surface area contributed by atoms with Crippen LogP contribution in [0.5, 0.6) is 0 Å². The van der Waals surface area contributed by atoms with Gasteiger partial charge in [0.25, 0.3) is 5.91 Å². The lowest BCUT2D eigenvalue weighted by atomic mass is 10.1. The Balaban J connectivity index is 1.89. The molecule has 0 aliphatic heterocycles. The molecule has 1 aromatic heterocycles. The van der Waals surface area contributed by atoms with Gasteiger partial charge in [-0.2, -0.15) is 0 Å². The average Bonchev–Trinajstić information content (AvgIpc) is 2.79. The summed E-state index contributed by atoms with van der Waals surface area (Å²) in [5, 5.41) is 6.78. The molecule has 0 spiro atoms. The van der Waals surface area contributed by atoms with E-state index in [-0.39, 0.29) is 5.91 Å². The number of aromatic nitrogens is 1. The molecule has 0 saturated carbocycles.